The number of carbonyl (C=O) groups excluding carboxylic acids is 1. The lowest BCUT2D eigenvalue weighted by Gasteiger charge is -2.31. The molecule has 1 aliphatic heterocycles. The Balaban J connectivity index is 1.50. The predicted molar refractivity (Wildman–Crippen MR) is 127 cm³/mol. The Morgan fingerprint density at radius 1 is 1.03 bits per heavy atom. The molecule has 3 heterocycles. The van der Waals surface area contributed by atoms with Crippen LogP contribution < -0.4 is 10.2 Å². The van der Waals surface area contributed by atoms with Crippen LogP contribution in [0.3, 0.4) is 0 Å². The number of piperidine rings is 1. The molecular weight excluding hydrogens is 457 g/mol. The van der Waals surface area contributed by atoms with Crippen LogP contribution in [0.5, 0.6) is 0 Å². The quantitative estimate of drug-likeness (QED) is 0.424. The number of benzene rings is 2. The molecule has 0 unspecified atom stereocenters. The third kappa shape index (κ3) is 4.43. The minimum absolute atomic E-state index is 0.0399. The zero-order valence-electron chi connectivity index (χ0n) is 19.0. The minimum Gasteiger partial charge on any atom is -0.370 e. The molecular formula is C25H23F3N6O. The van der Waals surface area contributed by atoms with E-state index in [2.05, 4.69) is 20.6 Å². The van der Waals surface area contributed by atoms with E-state index in [0.29, 0.717) is 11.4 Å². The standard InChI is InChI=1S/C25H23F3N6O/c1-16-23(31-32-34(16)21-7-5-6-17-15-29-11-10-19(17)21)24(35)30-20-14-18(25(26,27)28)8-9-22(20)33-12-3-2-4-13-33/h5-11,14-15H,2-4,12-13H2,1H3,(H,30,35). The molecule has 35 heavy (non-hydrogen) atoms. The Hall–Kier alpha value is -3.95. The number of rotatable bonds is 4. The first kappa shape index (κ1) is 22.8. The Labute approximate surface area is 199 Å². The molecule has 180 valence electrons. The summed E-state index contributed by atoms with van der Waals surface area (Å²) in [5, 5.41) is 12.7. The lowest BCUT2D eigenvalue weighted by molar-refractivity contribution is -0.137. The highest BCUT2D eigenvalue weighted by Gasteiger charge is 2.32. The fourth-order valence-electron chi connectivity index (χ4n) is 4.46. The maximum Gasteiger partial charge on any atom is 0.416 e. The fourth-order valence-corrected chi connectivity index (χ4v) is 4.46. The summed E-state index contributed by atoms with van der Waals surface area (Å²) < 4.78 is 41.8. The topological polar surface area (TPSA) is 75.9 Å². The Morgan fingerprint density at radius 2 is 1.83 bits per heavy atom. The van der Waals surface area contributed by atoms with E-state index < -0.39 is 17.6 Å². The van der Waals surface area contributed by atoms with Crippen LogP contribution in [-0.4, -0.2) is 39.0 Å². The van der Waals surface area contributed by atoms with Gasteiger partial charge in [0.2, 0.25) is 0 Å². The number of carbonyl (C=O) groups is 1. The van der Waals surface area contributed by atoms with E-state index in [9.17, 15) is 18.0 Å². The number of fused-ring (bicyclic) bond motifs is 1. The van der Waals surface area contributed by atoms with Crippen LogP contribution in [0.1, 0.15) is 41.0 Å². The molecule has 0 radical (unpaired) electrons. The van der Waals surface area contributed by atoms with Crippen LogP contribution in [-0.2, 0) is 6.18 Å². The SMILES string of the molecule is Cc1c(C(=O)Nc2cc(C(F)(F)F)ccc2N2CCCCC2)nnn1-c1cccc2cnccc12. The molecule has 0 bridgehead atoms. The average molecular weight is 480 g/mol. The Morgan fingerprint density at radius 3 is 2.60 bits per heavy atom. The number of hydrogen-bond acceptors (Lipinski definition) is 5. The number of pyridine rings is 1. The van der Waals surface area contributed by atoms with Crippen LogP contribution in [0.15, 0.2) is 54.9 Å². The van der Waals surface area contributed by atoms with Crippen molar-refractivity contribution in [3.05, 3.63) is 71.8 Å². The molecule has 1 saturated heterocycles. The number of nitrogens with zero attached hydrogens (tertiary/aromatic N) is 5. The zero-order chi connectivity index (χ0) is 24.6. The van der Waals surface area contributed by atoms with E-state index >= 15 is 0 Å². The normalized spacial score (nSPS) is 14.3. The summed E-state index contributed by atoms with van der Waals surface area (Å²) in [5.41, 5.74) is 1.09. The van der Waals surface area contributed by atoms with E-state index in [1.54, 1.807) is 24.0 Å². The van der Waals surface area contributed by atoms with Gasteiger partial charge in [0.15, 0.2) is 5.69 Å². The molecule has 0 spiro atoms. The maximum atomic E-state index is 13.4. The number of halogens is 3. The monoisotopic (exact) mass is 480 g/mol. The van der Waals surface area contributed by atoms with Gasteiger partial charge >= 0.3 is 6.18 Å². The van der Waals surface area contributed by atoms with Crippen molar-refractivity contribution in [2.75, 3.05) is 23.3 Å². The Kier molecular flexibility index (Phi) is 5.88. The molecule has 1 amide bonds. The number of alkyl halides is 3. The van der Waals surface area contributed by atoms with Gasteiger partial charge in [-0.25, -0.2) is 4.68 Å². The van der Waals surface area contributed by atoms with Crippen molar-refractivity contribution in [2.45, 2.75) is 32.4 Å². The molecule has 2 aromatic heterocycles. The second-order valence-corrected chi connectivity index (χ2v) is 8.54. The summed E-state index contributed by atoms with van der Waals surface area (Å²) in [7, 11) is 0. The summed E-state index contributed by atoms with van der Waals surface area (Å²) >= 11 is 0. The lowest BCUT2D eigenvalue weighted by Crippen LogP contribution is -2.30. The first-order valence-corrected chi connectivity index (χ1v) is 11.4. The van der Waals surface area contributed by atoms with Crippen molar-refractivity contribution in [1.29, 1.82) is 0 Å². The molecule has 1 N–H and O–H groups in total. The highest BCUT2D eigenvalue weighted by atomic mass is 19.4. The van der Waals surface area contributed by atoms with E-state index in [4.69, 9.17) is 0 Å². The zero-order valence-corrected chi connectivity index (χ0v) is 19.0. The van der Waals surface area contributed by atoms with Gasteiger partial charge in [-0.3, -0.25) is 9.78 Å². The van der Waals surface area contributed by atoms with E-state index in [-0.39, 0.29) is 11.4 Å². The molecule has 0 aliphatic carbocycles. The van der Waals surface area contributed by atoms with Gasteiger partial charge in [-0.2, -0.15) is 13.2 Å². The maximum absolute atomic E-state index is 13.4. The van der Waals surface area contributed by atoms with Crippen molar-refractivity contribution in [1.82, 2.24) is 20.0 Å². The van der Waals surface area contributed by atoms with Gasteiger partial charge in [-0.1, -0.05) is 17.3 Å². The minimum atomic E-state index is -4.53. The molecule has 1 fully saturated rings. The number of amides is 1. The van der Waals surface area contributed by atoms with Crippen molar-refractivity contribution in [3.8, 4) is 5.69 Å². The smallest absolute Gasteiger partial charge is 0.370 e. The van der Waals surface area contributed by atoms with E-state index in [0.717, 1.165) is 60.9 Å². The van der Waals surface area contributed by atoms with Crippen molar-refractivity contribution in [3.63, 3.8) is 0 Å². The van der Waals surface area contributed by atoms with Crippen LogP contribution >= 0.6 is 0 Å². The fraction of sp³-hybridized carbons (Fsp3) is 0.280. The lowest BCUT2D eigenvalue weighted by atomic mass is 10.1. The van der Waals surface area contributed by atoms with Gasteiger partial charge in [-0.15, -0.1) is 5.10 Å². The third-order valence-corrected chi connectivity index (χ3v) is 6.26. The average Bonchev–Trinajstić information content (AvgIpc) is 3.24. The number of aromatic nitrogens is 4. The van der Waals surface area contributed by atoms with Gasteiger partial charge in [-0.05, 0) is 56.5 Å². The van der Waals surface area contributed by atoms with Gasteiger partial charge < -0.3 is 10.2 Å². The highest BCUT2D eigenvalue weighted by molar-refractivity contribution is 6.05. The van der Waals surface area contributed by atoms with Crippen LogP contribution in [0.2, 0.25) is 0 Å². The molecule has 7 nitrogen and oxygen atoms in total. The number of hydrogen-bond donors (Lipinski definition) is 1. The van der Waals surface area contributed by atoms with Crippen LogP contribution in [0, 0.1) is 6.92 Å². The summed E-state index contributed by atoms with van der Waals surface area (Å²) in [6, 6.07) is 10.9. The van der Waals surface area contributed by atoms with Gasteiger partial charge in [0, 0.05) is 36.3 Å². The molecule has 1 aliphatic rings. The van der Waals surface area contributed by atoms with Gasteiger partial charge in [0.05, 0.1) is 28.3 Å². The number of anilines is 2. The van der Waals surface area contributed by atoms with E-state index in [1.807, 2.05) is 29.2 Å². The highest BCUT2D eigenvalue weighted by Crippen LogP contribution is 2.36. The van der Waals surface area contributed by atoms with Gasteiger partial charge in [0.1, 0.15) is 0 Å². The summed E-state index contributed by atoms with van der Waals surface area (Å²) in [4.78, 5) is 19.3. The Bertz CT molecular complexity index is 1390. The third-order valence-electron chi connectivity index (χ3n) is 6.26. The number of nitrogens with one attached hydrogen (secondary N) is 1. The second kappa shape index (κ2) is 9.01. The first-order chi connectivity index (χ1) is 16.8. The van der Waals surface area contributed by atoms with Crippen molar-refractivity contribution in [2.24, 2.45) is 0 Å². The second-order valence-electron chi connectivity index (χ2n) is 8.54. The summed E-state index contributed by atoms with van der Waals surface area (Å²) in [6.45, 7) is 3.14. The molecule has 2 aromatic carbocycles. The largest absolute Gasteiger partial charge is 0.416 e. The molecule has 0 atom stereocenters. The molecule has 4 aromatic rings. The molecule has 10 heteroatoms. The van der Waals surface area contributed by atoms with E-state index in [1.165, 1.54) is 6.07 Å². The van der Waals surface area contributed by atoms with Crippen LogP contribution in [0.4, 0.5) is 24.5 Å². The van der Waals surface area contributed by atoms with Crippen molar-refractivity contribution >= 4 is 28.1 Å². The summed E-state index contributed by atoms with van der Waals surface area (Å²) in [6.07, 6.45) is 1.84. The van der Waals surface area contributed by atoms with Crippen LogP contribution in [0.25, 0.3) is 16.5 Å². The molecule has 5 rings (SSSR count). The molecule has 0 saturated carbocycles. The summed E-state index contributed by atoms with van der Waals surface area (Å²) in [5.74, 6) is -0.617. The van der Waals surface area contributed by atoms with Crippen molar-refractivity contribution < 1.29 is 18.0 Å². The first-order valence-electron chi connectivity index (χ1n) is 11.4. The predicted octanol–water partition coefficient (Wildman–Crippen LogP) is 5.39. The van der Waals surface area contributed by atoms with Gasteiger partial charge in [0.25, 0.3) is 5.91 Å².